The minimum Gasteiger partial charge on any atom is -0.384 e. The van der Waals surface area contributed by atoms with Crippen molar-refractivity contribution in [1.29, 1.82) is 0 Å². The molecule has 0 N–H and O–H groups in total. The molecule has 1 heterocycles. The van der Waals surface area contributed by atoms with Crippen LogP contribution in [0.4, 0.5) is 0 Å². The SMILES string of the molecule is CCc1c(Cl)nc(CCOC)nc1Cl. The quantitative estimate of drug-likeness (QED) is 0.752. The Hall–Kier alpha value is -0.380. The monoisotopic (exact) mass is 234 g/mol. The van der Waals surface area contributed by atoms with Crippen molar-refractivity contribution in [3.63, 3.8) is 0 Å². The first-order chi connectivity index (χ1) is 6.69. The Morgan fingerprint density at radius 1 is 1.21 bits per heavy atom. The van der Waals surface area contributed by atoms with Gasteiger partial charge < -0.3 is 4.74 Å². The molecule has 0 aliphatic carbocycles. The van der Waals surface area contributed by atoms with E-state index in [1.54, 1.807) is 7.11 Å². The Morgan fingerprint density at radius 2 is 1.79 bits per heavy atom. The average Bonchev–Trinajstić information content (AvgIpc) is 2.14. The van der Waals surface area contributed by atoms with Crippen LogP contribution in [0.1, 0.15) is 18.3 Å². The molecule has 1 rings (SSSR count). The van der Waals surface area contributed by atoms with Crippen molar-refractivity contribution in [2.45, 2.75) is 19.8 Å². The first-order valence-corrected chi connectivity index (χ1v) is 5.14. The first-order valence-electron chi connectivity index (χ1n) is 4.38. The zero-order valence-electron chi connectivity index (χ0n) is 8.18. The molecular formula is C9H12Cl2N2O. The summed E-state index contributed by atoms with van der Waals surface area (Å²) >= 11 is 11.9. The van der Waals surface area contributed by atoms with Crippen molar-refractivity contribution >= 4 is 23.2 Å². The summed E-state index contributed by atoms with van der Waals surface area (Å²) in [6.07, 6.45) is 1.36. The summed E-state index contributed by atoms with van der Waals surface area (Å²) in [6, 6.07) is 0. The van der Waals surface area contributed by atoms with Crippen molar-refractivity contribution in [3.8, 4) is 0 Å². The van der Waals surface area contributed by atoms with Crippen LogP contribution in [0.25, 0.3) is 0 Å². The second-order valence-electron chi connectivity index (χ2n) is 2.80. The number of nitrogens with zero attached hydrogens (tertiary/aromatic N) is 2. The van der Waals surface area contributed by atoms with Crippen LogP contribution in [0.15, 0.2) is 0 Å². The maximum Gasteiger partial charge on any atom is 0.137 e. The highest BCUT2D eigenvalue weighted by Crippen LogP contribution is 2.21. The molecule has 0 amide bonds. The summed E-state index contributed by atoms with van der Waals surface area (Å²) in [5.41, 5.74) is 0.800. The summed E-state index contributed by atoms with van der Waals surface area (Å²) < 4.78 is 4.92. The summed E-state index contributed by atoms with van der Waals surface area (Å²) in [5.74, 6) is 0.624. The third-order valence-electron chi connectivity index (χ3n) is 1.84. The molecule has 0 saturated carbocycles. The van der Waals surface area contributed by atoms with Gasteiger partial charge in [0.05, 0.1) is 6.61 Å². The number of ether oxygens (including phenoxy) is 1. The summed E-state index contributed by atoms with van der Waals surface area (Å²) in [5, 5.41) is 0.886. The third-order valence-corrected chi connectivity index (χ3v) is 2.46. The molecule has 5 heteroatoms. The van der Waals surface area contributed by atoms with Gasteiger partial charge >= 0.3 is 0 Å². The number of rotatable bonds is 4. The van der Waals surface area contributed by atoms with Crippen LogP contribution in [0, 0.1) is 0 Å². The molecule has 1 aromatic heterocycles. The molecule has 0 aliphatic heterocycles. The lowest BCUT2D eigenvalue weighted by Crippen LogP contribution is -2.03. The summed E-state index contributed by atoms with van der Waals surface area (Å²) in [7, 11) is 1.63. The fraction of sp³-hybridized carbons (Fsp3) is 0.556. The normalized spacial score (nSPS) is 10.6. The zero-order chi connectivity index (χ0) is 10.6. The smallest absolute Gasteiger partial charge is 0.137 e. The average molecular weight is 235 g/mol. The lowest BCUT2D eigenvalue weighted by Gasteiger charge is -2.05. The van der Waals surface area contributed by atoms with E-state index in [1.807, 2.05) is 6.92 Å². The molecule has 78 valence electrons. The van der Waals surface area contributed by atoms with E-state index < -0.39 is 0 Å². The van der Waals surface area contributed by atoms with Crippen LogP contribution in [0.5, 0.6) is 0 Å². The summed E-state index contributed by atoms with van der Waals surface area (Å²) in [4.78, 5) is 8.26. The second kappa shape index (κ2) is 5.49. The van der Waals surface area contributed by atoms with Gasteiger partial charge in [-0.1, -0.05) is 30.1 Å². The predicted octanol–water partition coefficient (Wildman–Crippen LogP) is 2.53. The Balaban J connectivity index is 2.90. The van der Waals surface area contributed by atoms with Gasteiger partial charge in [-0.05, 0) is 6.42 Å². The van der Waals surface area contributed by atoms with E-state index >= 15 is 0 Å². The number of aromatic nitrogens is 2. The molecule has 0 bridgehead atoms. The van der Waals surface area contributed by atoms with Gasteiger partial charge in [-0.25, -0.2) is 9.97 Å². The number of methoxy groups -OCH3 is 1. The minimum absolute atomic E-state index is 0.443. The molecule has 0 aromatic carbocycles. The molecule has 1 aromatic rings. The van der Waals surface area contributed by atoms with Crippen molar-refractivity contribution in [2.24, 2.45) is 0 Å². The van der Waals surface area contributed by atoms with Crippen molar-refractivity contribution < 1.29 is 4.74 Å². The molecule has 0 aliphatic rings. The number of halogens is 2. The van der Waals surface area contributed by atoms with E-state index in [0.29, 0.717) is 29.2 Å². The van der Waals surface area contributed by atoms with Crippen LogP contribution in [0.2, 0.25) is 10.3 Å². The Kier molecular flexibility index (Phi) is 4.58. The van der Waals surface area contributed by atoms with Gasteiger partial charge in [-0.2, -0.15) is 0 Å². The van der Waals surface area contributed by atoms with E-state index in [1.165, 1.54) is 0 Å². The molecule has 14 heavy (non-hydrogen) atoms. The second-order valence-corrected chi connectivity index (χ2v) is 3.51. The largest absolute Gasteiger partial charge is 0.384 e. The molecule has 0 atom stereocenters. The molecule has 0 unspecified atom stereocenters. The van der Waals surface area contributed by atoms with Gasteiger partial charge in [-0.15, -0.1) is 0 Å². The van der Waals surface area contributed by atoms with Crippen LogP contribution >= 0.6 is 23.2 Å². The standard InChI is InChI=1S/C9H12Cl2N2O/c1-3-6-8(10)12-7(4-5-14-2)13-9(6)11/h3-5H2,1-2H3. The molecule has 0 saturated heterocycles. The van der Waals surface area contributed by atoms with Crippen molar-refractivity contribution in [3.05, 3.63) is 21.7 Å². The van der Waals surface area contributed by atoms with E-state index in [0.717, 1.165) is 12.0 Å². The van der Waals surface area contributed by atoms with Crippen LogP contribution in [0.3, 0.4) is 0 Å². The molecule has 0 radical (unpaired) electrons. The van der Waals surface area contributed by atoms with Gasteiger partial charge in [-0.3, -0.25) is 0 Å². The van der Waals surface area contributed by atoms with Crippen LogP contribution in [-0.4, -0.2) is 23.7 Å². The summed E-state index contributed by atoms with van der Waals surface area (Å²) in [6.45, 7) is 2.53. The Labute approximate surface area is 93.4 Å². The van der Waals surface area contributed by atoms with E-state index in [4.69, 9.17) is 27.9 Å². The third kappa shape index (κ3) is 2.80. The fourth-order valence-electron chi connectivity index (χ4n) is 1.07. The molecular weight excluding hydrogens is 223 g/mol. The number of hydrogen-bond acceptors (Lipinski definition) is 3. The van der Waals surface area contributed by atoms with E-state index in [2.05, 4.69) is 9.97 Å². The lowest BCUT2D eigenvalue weighted by atomic mass is 10.2. The van der Waals surface area contributed by atoms with Crippen molar-refractivity contribution in [2.75, 3.05) is 13.7 Å². The molecule has 0 fully saturated rings. The maximum atomic E-state index is 5.94. The predicted molar refractivity (Wildman–Crippen MR) is 57.0 cm³/mol. The fourth-order valence-corrected chi connectivity index (χ4v) is 1.76. The Morgan fingerprint density at radius 3 is 2.21 bits per heavy atom. The Bertz CT molecular complexity index is 295. The molecule has 0 spiro atoms. The highest BCUT2D eigenvalue weighted by molar-refractivity contribution is 6.34. The van der Waals surface area contributed by atoms with Gasteiger partial charge in [0.1, 0.15) is 16.1 Å². The van der Waals surface area contributed by atoms with Gasteiger partial charge in [0.25, 0.3) is 0 Å². The van der Waals surface area contributed by atoms with Crippen LogP contribution < -0.4 is 0 Å². The van der Waals surface area contributed by atoms with Gasteiger partial charge in [0.15, 0.2) is 0 Å². The van der Waals surface area contributed by atoms with Crippen LogP contribution in [-0.2, 0) is 17.6 Å². The lowest BCUT2D eigenvalue weighted by molar-refractivity contribution is 0.200. The highest BCUT2D eigenvalue weighted by Gasteiger charge is 2.09. The number of hydrogen-bond donors (Lipinski definition) is 0. The zero-order valence-corrected chi connectivity index (χ0v) is 9.69. The molecule has 3 nitrogen and oxygen atoms in total. The van der Waals surface area contributed by atoms with E-state index in [-0.39, 0.29) is 0 Å². The first kappa shape index (κ1) is 11.7. The van der Waals surface area contributed by atoms with Gasteiger partial charge in [0.2, 0.25) is 0 Å². The minimum atomic E-state index is 0.443. The van der Waals surface area contributed by atoms with E-state index in [9.17, 15) is 0 Å². The topological polar surface area (TPSA) is 35.0 Å². The van der Waals surface area contributed by atoms with Crippen molar-refractivity contribution in [1.82, 2.24) is 9.97 Å². The van der Waals surface area contributed by atoms with Gasteiger partial charge in [0, 0.05) is 19.1 Å². The highest BCUT2D eigenvalue weighted by atomic mass is 35.5. The maximum absolute atomic E-state index is 5.94.